The number of hydrogen-bond donors (Lipinski definition) is 0. The molecule has 0 radical (unpaired) electrons. The van der Waals surface area contributed by atoms with E-state index in [1.54, 1.807) is 6.20 Å². The van der Waals surface area contributed by atoms with Crippen molar-refractivity contribution in [2.75, 3.05) is 0 Å². The van der Waals surface area contributed by atoms with Crippen molar-refractivity contribution >= 4 is 10.8 Å². The molecule has 2 nitrogen and oxygen atoms in total. The summed E-state index contributed by atoms with van der Waals surface area (Å²) in [5, 5.41) is 0.718. The van der Waals surface area contributed by atoms with Crippen molar-refractivity contribution in [3.8, 4) is 0 Å². The average Bonchev–Trinajstić information content (AvgIpc) is 2.53. The van der Waals surface area contributed by atoms with Gasteiger partial charge >= 0.3 is 0 Å². The minimum Gasteiger partial charge on any atom is -0.252 e. The van der Waals surface area contributed by atoms with Crippen molar-refractivity contribution in [3.05, 3.63) is 60.3 Å². The Morgan fingerprint density at radius 2 is 1.80 bits per heavy atom. The van der Waals surface area contributed by atoms with Gasteiger partial charge in [-0.2, -0.15) is 0 Å². The Morgan fingerprint density at radius 1 is 1.05 bits per heavy atom. The van der Waals surface area contributed by atoms with Crippen molar-refractivity contribution < 1.29 is 4.21 Å². The maximum absolute atomic E-state index is 12.8. The van der Waals surface area contributed by atoms with Crippen LogP contribution in [0.15, 0.2) is 59.8 Å². The van der Waals surface area contributed by atoms with E-state index in [1.807, 2.05) is 36.4 Å². The highest BCUT2D eigenvalue weighted by atomic mass is 32.2. The molecule has 0 aliphatic rings. The number of benzene rings is 1. The Kier molecular flexibility index (Phi) is 5.93. The quantitative estimate of drug-likeness (QED) is 0.701. The molecule has 106 valence electrons. The topological polar surface area (TPSA) is 30.0 Å². The fourth-order valence-electron chi connectivity index (χ4n) is 2.26. The molecule has 0 fully saturated rings. The zero-order valence-electron chi connectivity index (χ0n) is 11.9. The van der Waals surface area contributed by atoms with Gasteiger partial charge < -0.3 is 0 Å². The number of nitrogens with zero attached hydrogens (tertiary/aromatic N) is 1. The van der Waals surface area contributed by atoms with E-state index in [4.69, 9.17) is 0 Å². The van der Waals surface area contributed by atoms with E-state index >= 15 is 0 Å². The summed E-state index contributed by atoms with van der Waals surface area (Å²) in [5.41, 5.74) is 1.15. The Morgan fingerprint density at radius 3 is 2.45 bits per heavy atom. The minimum atomic E-state index is -1.09. The molecule has 0 aliphatic carbocycles. The van der Waals surface area contributed by atoms with Crippen molar-refractivity contribution in [2.45, 2.75) is 42.9 Å². The normalized spacial score (nSPS) is 13.8. The molecule has 0 N–H and O–H groups in total. The second-order valence-corrected chi connectivity index (χ2v) is 6.44. The summed E-state index contributed by atoms with van der Waals surface area (Å²) >= 11 is 0. The molecule has 3 heteroatoms. The Bertz CT molecular complexity index is 527. The Labute approximate surface area is 123 Å². The van der Waals surface area contributed by atoms with Gasteiger partial charge in [-0.25, -0.2) is 4.98 Å². The highest BCUT2D eigenvalue weighted by molar-refractivity contribution is 7.85. The number of aromatic nitrogens is 1. The molecule has 0 bridgehead atoms. The third-order valence-corrected chi connectivity index (χ3v) is 5.02. The SMILES string of the molecule is CCCCC[C@@H](c1ccccc1)S(=O)c1ccccn1. The van der Waals surface area contributed by atoms with Crippen LogP contribution in [0.2, 0.25) is 0 Å². The van der Waals surface area contributed by atoms with Crippen LogP contribution in [-0.4, -0.2) is 9.19 Å². The van der Waals surface area contributed by atoms with E-state index in [2.05, 4.69) is 24.0 Å². The van der Waals surface area contributed by atoms with Crippen molar-refractivity contribution in [3.63, 3.8) is 0 Å². The Hall–Kier alpha value is -1.48. The first kappa shape index (κ1) is 14.9. The van der Waals surface area contributed by atoms with Gasteiger partial charge in [0, 0.05) is 6.20 Å². The first-order chi connectivity index (χ1) is 9.83. The van der Waals surface area contributed by atoms with Crippen molar-refractivity contribution in [2.24, 2.45) is 0 Å². The van der Waals surface area contributed by atoms with Gasteiger partial charge in [0.2, 0.25) is 0 Å². The lowest BCUT2D eigenvalue weighted by atomic mass is 10.1. The summed E-state index contributed by atoms with van der Waals surface area (Å²) in [6.07, 6.45) is 6.12. The molecule has 2 aromatic rings. The van der Waals surface area contributed by atoms with E-state index in [0.717, 1.165) is 18.4 Å². The zero-order chi connectivity index (χ0) is 14.2. The number of rotatable bonds is 7. The highest BCUT2D eigenvalue weighted by Crippen LogP contribution is 2.29. The fourth-order valence-corrected chi connectivity index (χ4v) is 3.71. The lowest BCUT2D eigenvalue weighted by molar-refractivity contribution is 0.627. The molecule has 1 heterocycles. The van der Waals surface area contributed by atoms with Crippen LogP contribution >= 0.6 is 0 Å². The molecule has 2 rings (SSSR count). The van der Waals surface area contributed by atoms with Crippen LogP contribution in [0.4, 0.5) is 0 Å². The predicted molar refractivity (Wildman–Crippen MR) is 84.0 cm³/mol. The van der Waals surface area contributed by atoms with Gasteiger partial charge in [0.15, 0.2) is 0 Å². The van der Waals surface area contributed by atoms with Crippen LogP contribution < -0.4 is 0 Å². The van der Waals surface area contributed by atoms with Crippen LogP contribution in [0.1, 0.15) is 43.4 Å². The largest absolute Gasteiger partial charge is 0.252 e. The molecule has 0 aliphatic heterocycles. The van der Waals surface area contributed by atoms with E-state index in [9.17, 15) is 4.21 Å². The van der Waals surface area contributed by atoms with Gasteiger partial charge in [-0.1, -0.05) is 62.6 Å². The third-order valence-electron chi connectivity index (χ3n) is 3.34. The standard InChI is InChI=1S/C17H21NOS/c1-2-3-5-12-16(15-10-6-4-7-11-15)20(19)17-13-8-9-14-18-17/h4,6-11,13-14,16H,2-3,5,12H2,1H3/t16-,20?/m0/s1. The monoisotopic (exact) mass is 287 g/mol. The molecular formula is C17H21NOS. The van der Waals surface area contributed by atoms with Crippen molar-refractivity contribution in [1.29, 1.82) is 0 Å². The molecule has 1 aromatic heterocycles. The summed E-state index contributed by atoms with van der Waals surface area (Å²) in [7, 11) is -1.09. The van der Waals surface area contributed by atoms with E-state index in [0.29, 0.717) is 5.03 Å². The van der Waals surface area contributed by atoms with Gasteiger partial charge in [-0.05, 0) is 24.1 Å². The van der Waals surface area contributed by atoms with E-state index < -0.39 is 10.8 Å². The Balaban J connectivity index is 2.20. The van der Waals surface area contributed by atoms with Gasteiger partial charge in [-0.15, -0.1) is 0 Å². The molecule has 0 spiro atoms. The van der Waals surface area contributed by atoms with E-state index in [1.165, 1.54) is 12.8 Å². The van der Waals surface area contributed by atoms with Crippen LogP contribution in [0.3, 0.4) is 0 Å². The molecule has 2 atom stereocenters. The summed E-state index contributed by atoms with van der Waals surface area (Å²) in [4.78, 5) is 4.25. The molecule has 1 aromatic carbocycles. The first-order valence-corrected chi connectivity index (χ1v) is 8.40. The maximum Gasteiger partial charge on any atom is 0.127 e. The zero-order valence-corrected chi connectivity index (χ0v) is 12.7. The molecule has 1 unspecified atom stereocenters. The van der Waals surface area contributed by atoms with Gasteiger partial charge in [0.25, 0.3) is 0 Å². The molecular weight excluding hydrogens is 266 g/mol. The lowest BCUT2D eigenvalue weighted by Gasteiger charge is -2.16. The first-order valence-electron chi connectivity index (χ1n) is 7.19. The highest BCUT2D eigenvalue weighted by Gasteiger charge is 2.20. The second-order valence-electron chi connectivity index (χ2n) is 4.86. The maximum atomic E-state index is 12.8. The number of hydrogen-bond acceptors (Lipinski definition) is 2. The van der Waals surface area contributed by atoms with Gasteiger partial charge in [0.05, 0.1) is 16.0 Å². The molecule has 0 saturated heterocycles. The fraction of sp³-hybridized carbons (Fsp3) is 0.353. The van der Waals surface area contributed by atoms with Crippen LogP contribution in [0.25, 0.3) is 0 Å². The molecule has 20 heavy (non-hydrogen) atoms. The number of pyridine rings is 1. The second kappa shape index (κ2) is 7.95. The number of unbranched alkanes of at least 4 members (excludes halogenated alkanes) is 2. The summed E-state index contributed by atoms with van der Waals surface area (Å²) < 4.78 is 12.8. The van der Waals surface area contributed by atoms with E-state index in [-0.39, 0.29) is 5.25 Å². The average molecular weight is 287 g/mol. The third kappa shape index (κ3) is 4.01. The van der Waals surface area contributed by atoms with Gasteiger partial charge in [-0.3, -0.25) is 4.21 Å². The van der Waals surface area contributed by atoms with Crippen molar-refractivity contribution in [1.82, 2.24) is 4.98 Å². The summed E-state index contributed by atoms with van der Waals surface area (Å²) in [5.74, 6) is 0. The van der Waals surface area contributed by atoms with Crippen LogP contribution in [0.5, 0.6) is 0 Å². The minimum absolute atomic E-state index is 0.0395. The smallest absolute Gasteiger partial charge is 0.127 e. The lowest BCUT2D eigenvalue weighted by Crippen LogP contribution is -2.08. The predicted octanol–water partition coefficient (Wildman–Crippen LogP) is 4.51. The molecule has 0 saturated carbocycles. The molecule has 0 amide bonds. The van der Waals surface area contributed by atoms with Gasteiger partial charge in [0.1, 0.15) is 5.03 Å². The summed E-state index contributed by atoms with van der Waals surface area (Å²) in [6, 6.07) is 15.8. The van der Waals surface area contributed by atoms with Crippen LogP contribution in [-0.2, 0) is 10.8 Å². The van der Waals surface area contributed by atoms with Crippen LogP contribution in [0, 0.1) is 0 Å². The summed E-state index contributed by atoms with van der Waals surface area (Å²) in [6.45, 7) is 2.19.